The zero-order valence-electron chi connectivity index (χ0n) is 9.72. The van der Waals surface area contributed by atoms with Gasteiger partial charge in [0.15, 0.2) is 0 Å². The van der Waals surface area contributed by atoms with E-state index in [0.717, 1.165) is 18.9 Å². The first-order chi connectivity index (χ1) is 7.08. The molecule has 1 N–H and O–H groups in total. The molecule has 0 saturated carbocycles. The minimum atomic E-state index is 0.633. The Bertz CT molecular complexity index is 283. The zero-order valence-corrected chi connectivity index (χ0v) is 12.1. The van der Waals surface area contributed by atoms with E-state index < -0.39 is 0 Å². The maximum absolute atomic E-state index is 3.56. The van der Waals surface area contributed by atoms with E-state index in [1.54, 1.807) is 0 Å². The van der Waals surface area contributed by atoms with Gasteiger partial charge in [0.05, 0.1) is 3.79 Å². The molecule has 0 aliphatic rings. The molecule has 3 heteroatoms. The minimum Gasteiger partial charge on any atom is -0.314 e. The highest BCUT2D eigenvalue weighted by atomic mass is 79.9. The van der Waals surface area contributed by atoms with Crippen LogP contribution in [-0.4, -0.2) is 12.6 Å². The second-order valence-electron chi connectivity index (χ2n) is 4.44. The molecule has 0 amide bonds. The smallest absolute Gasteiger partial charge is 0.0701 e. The molecule has 15 heavy (non-hydrogen) atoms. The summed E-state index contributed by atoms with van der Waals surface area (Å²) in [6.45, 7) is 7.90. The Morgan fingerprint density at radius 1 is 1.33 bits per heavy atom. The highest BCUT2D eigenvalue weighted by Crippen LogP contribution is 2.22. The lowest BCUT2D eigenvalue weighted by Gasteiger charge is -2.15. The van der Waals surface area contributed by atoms with Crippen LogP contribution in [0.3, 0.4) is 0 Å². The van der Waals surface area contributed by atoms with E-state index in [2.05, 4.69) is 54.2 Å². The molecule has 0 spiro atoms. The van der Waals surface area contributed by atoms with E-state index >= 15 is 0 Å². The van der Waals surface area contributed by atoms with Gasteiger partial charge in [0.2, 0.25) is 0 Å². The molecule has 0 bridgehead atoms. The van der Waals surface area contributed by atoms with Crippen LogP contribution >= 0.6 is 27.3 Å². The summed E-state index contributed by atoms with van der Waals surface area (Å²) in [6.07, 6.45) is 2.40. The molecule has 0 saturated heterocycles. The molecule has 1 atom stereocenters. The van der Waals surface area contributed by atoms with Crippen molar-refractivity contribution in [3.63, 3.8) is 0 Å². The van der Waals surface area contributed by atoms with Crippen LogP contribution in [-0.2, 0) is 6.42 Å². The van der Waals surface area contributed by atoms with Gasteiger partial charge in [-0.05, 0) is 53.7 Å². The predicted octanol–water partition coefficient (Wildman–Crippen LogP) is 4.08. The average molecular weight is 290 g/mol. The van der Waals surface area contributed by atoms with Gasteiger partial charge in [-0.15, -0.1) is 11.3 Å². The van der Waals surface area contributed by atoms with Crippen molar-refractivity contribution in [1.29, 1.82) is 0 Å². The lowest BCUT2D eigenvalue weighted by atomic mass is 10.1. The molecular weight excluding hydrogens is 270 g/mol. The minimum absolute atomic E-state index is 0.633. The van der Waals surface area contributed by atoms with E-state index in [-0.39, 0.29) is 0 Å². The normalized spacial score (nSPS) is 13.4. The Hall–Kier alpha value is 0.140. The fourth-order valence-electron chi connectivity index (χ4n) is 1.72. The average Bonchev–Trinajstić information content (AvgIpc) is 2.50. The van der Waals surface area contributed by atoms with Crippen LogP contribution in [0.2, 0.25) is 0 Å². The second-order valence-corrected chi connectivity index (χ2v) is 6.99. The van der Waals surface area contributed by atoms with Crippen LogP contribution < -0.4 is 5.32 Å². The summed E-state index contributed by atoms with van der Waals surface area (Å²) >= 11 is 5.31. The summed E-state index contributed by atoms with van der Waals surface area (Å²) in [4.78, 5) is 1.45. The van der Waals surface area contributed by atoms with E-state index in [4.69, 9.17) is 0 Å². The molecular formula is C12H20BrNS. The van der Waals surface area contributed by atoms with Crippen molar-refractivity contribution in [2.45, 2.75) is 39.7 Å². The van der Waals surface area contributed by atoms with Gasteiger partial charge in [-0.25, -0.2) is 0 Å². The first-order valence-electron chi connectivity index (χ1n) is 5.55. The summed E-state index contributed by atoms with van der Waals surface area (Å²) in [5, 5.41) is 3.56. The van der Waals surface area contributed by atoms with Crippen molar-refractivity contribution in [2.75, 3.05) is 6.54 Å². The summed E-state index contributed by atoms with van der Waals surface area (Å²) in [5.74, 6) is 0.781. The Morgan fingerprint density at radius 2 is 2.07 bits per heavy atom. The number of halogens is 1. The molecule has 1 unspecified atom stereocenters. The van der Waals surface area contributed by atoms with E-state index in [0.29, 0.717) is 6.04 Å². The predicted molar refractivity (Wildman–Crippen MR) is 72.6 cm³/mol. The van der Waals surface area contributed by atoms with Crippen LogP contribution in [0, 0.1) is 5.92 Å². The third-order valence-corrected chi connectivity index (χ3v) is 4.00. The molecule has 0 aromatic carbocycles. The zero-order chi connectivity index (χ0) is 11.3. The van der Waals surface area contributed by atoms with Gasteiger partial charge in [0.25, 0.3) is 0 Å². The molecule has 1 heterocycles. The Labute approximate surface area is 105 Å². The molecule has 1 rings (SSSR count). The SMILES string of the molecule is CC(C)CC(C)NCCc1ccc(Br)s1. The number of nitrogens with one attached hydrogen (secondary N) is 1. The van der Waals surface area contributed by atoms with Gasteiger partial charge < -0.3 is 5.32 Å². The molecule has 0 aliphatic carbocycles. The van der Waals surface area contributed by atoms with Crippen molar-refractivity contribution in [2.24, 2.45) is 5.92 Å². The van der Waals surface area contributed by atoms with E-state index in [9.17, 15) is 0 Å². The van der Waals surface area contributed by atoms with Gasteiger partial charge in [-0.1, -0.05) is 13.8 Å². The summed E-state index contributed by atoms with van der Waals surface area (Å²) < 4.78 is 1.23. The Balaban J connectivity index is 2.16. The standard InChI is InChI=1S/C12H20BrNS/c1-9(2)8-10(3)14-7-6-11-4-5-12(13)15-11/h4-5,9-10,14H,6-8H2,1-3H3. The Morgan fingerprint density at radius 3 is 2.60 bits per heavy atom. The molecule has 1 aromatic rings. The van der Waals surface area contributed by atoms with Crippen LogP contribution in [0.5, 0.6) is 0 Å². The van der Waals surface area contributed by atoms with Gasteiger partial charge in [0, 0.05) is 17.5 Å². The van der Waals surface area contributed by atoms with Crippen LogP contribution in [0.25, 0.3) is 0 Å². The molecule has 1 aromatic heterocycles. The second kappa shape index (κ2) is 6.66. The molecule has 86 valence electrons. The van der Waals surface area contributed by atoms with Crippen molar-refractivity contribution in [1.82, 2.24) is 5.32 Å². The van der Waals surface area contributed by atoms with Crippen LogP contribution in [0.4, 0.5) is 0 Å². The topological polar surface area (TPSA) is 12.0 Å². The molecule has 1 nitrogen and oxygen atoms in total. The van der Waals surface area contributed by atoms with Gasteiger partial charge in [0.1, 0.15) is 0 Å². The van der Waals surface area contributed by atoms with Gasteiger partial charge >= 0.3 is 0 Å². The highest BCUT2D eigenvalue weighted by Gasteiger charge is 2.04. The molecule has 0 fully saturated rings. The first-order valence-corrected chi connectivity index (χ1v) is 7.16. The summed E-state index contributed by atoms with van der Waals surface area (Å²) in [6, 6.07) is 4.95. The highest BCUT2D eigenvalue weighted by molar-refractivity contribution is 9.11. The van der Waals surface area contributed by atoms with Gasteiger partial charge in [-0.2, -0.15) is 0 Å². The van der Waals surface area contributed by atoms with Crippen molar-refractivity contribution in [3.05, 3.63) is 20.8 Å². The lowest BCUT2D eigenvalue weighted by Crippen LogP contribution is -2.29. The third-order valence-electron chi connectivity index (χ3n) is 2.32. The summed E-state index contributed by atoms with van der Waals surface area (Å²) in [7, 11) is 0. The number of hydrogen-bond donors (Lipinski definition) is 1. The van der Waals surface area contributed by atoms with Gasteiger partial charge in [-0.3, -0.25) is 0 Å². The molecule has 0 aliphatic heterocycles. The summed E-state index contributed by atoms with van der Waals surface area (Å²) in [5.41, 5.74) is 0. The van der Waals surface area contributed by atoms with Crippen LogP contribution in [0.15, 0.2) is 15.9 Å². The maximum atomic E-state index is 3.56. The van der Waals surface area contributed by atoms with E-state index in [1.165, 1.54) is 15.1 Å². The van der Waals surface area contributed by atoms with Crippen molar-refractivity contribution in [3.8, 4) is 0 Å². The van der Waals surface area contributed by atoms with Crippen molar-refractivity contribution < 1.29 is 0 Å². The third kappa shape index (κ3) is 5.69. The number of hydrogen-bond acceptors (Lipinski definition) is 2. The largest absolute Gasteiger partial charge is 0.314 e. The monoisotopic (exact) mass is 289 g/mol. The molecule has 0 radical (unpaired) electrons. The Kier molecular flexibility index (Phi) is 5.87. The lowest BCUT2D eigenvalue weighted by molar-refractivity contribution is 0.445. The fraction of sp³-hybridized carbons (Fsp3) is 0.667. The van der Waals surface area contributed by atoms with E-state index in [1.807, 2.05) is 11.3 Å². The fourth-order valence-corrected chi connectivity index (χ4v) is 3.20. The number of rotatable bonds is 6. The number of thiophene rings is 1. The van der Waals surface area contributed by atoms with Crippen LogP contribution in [0.1, 0.15) is 32.1 Å². The quantitative estimate of drug-likeness (QED) is 0.832. The van der Waals surface area contributed by atoms with Crippen molar-refractivity contribution >= 4 is 27.3 Å². The first kappa shape index (κ1) is 13.2. The maximum Gasteiger partial charge on any atom is 0.0701 e.